The maximum absolute atomic E-state index is 12.8. The summed E-state index contributed by atoms with van der Waals surface area (Å²) in [6.07, 6.45) is 0. The zero-order valence-electron chi connectivity index (χ0n) is 14.8. The molecular weight excluding hydrogens is 334 g/mol. The first kappa shape index (κ1) is 17.8. The first-order valence-electron chi connectivity index (χ1n) is 8.74. The van der Waals surface area contributed by atoms with Gasteiger partial charge in [0.05, 0.1) is 36.9 Å². The number of amides is 1. The minimum atomic E-state index is -0.0569. The van der Waals surface area contributed by atoms with Crippen LogP contribution in [-0.4, -0.2) is 45.2 Å². The molecule has 1 amide bonds. The van der Waals surface area contributed by atoms with Crippen molar-refractivity contribution in [3.8, 4) is 0 Å². The monoisotopic (exact) mass is 358 g/mol. The van der Waals surface area contributed by atoms with Gasteiger partial charge in [-0.2, -0.15) is 0 Å². The minimum Gasteiger partial charge on any atom is -0.359 e. The molecule has 25 heavy (non-hydrogen) atoms. The highest BCUT2D eigenvalue weighted by molar-refractivity contribution is 6.33. The third-order valence-electron chi connectivity index (χ3n) is 5.06. The number of quaternary nitrogens is 1. The summed E-state index contributed by atoms with van der Waals surface area (Å²) in [6.45, 7) is 5.71. The van der Waals surface area contributed by atoms with Gasteiger partial charge in [-0.25, -0.2) is 0 Å². The summed E-state index contributed by atoms with van der Waals surface area (Å²) in [5.74, 6) is 0.160. The van der Waals surface area contributed by atoms with Crippen molar-refractivity contribution in [2.24, 2.45) is 0 Å². The highest BCUT2D eigenvalue weighted by Crippen LogP contribution is 2.24. The van der Waals surface area contributed by atoms with Crippen molar-refractivity contribution in [1.82, 2.24) is 0 Å². The van der Waals surface area contributed by atoms with Crippen LogP contribution in [0.4, 0.5) is 11.4 Å². The van der Waals surface area contributed by atoms with E-state index in [1.54, 1.807) is 4.90 Å². The number of nitrogens with one attached hydrogen (secondary N) is 1. The SMILES string of the molecule is C[C@@H](C(=O)N(C)c1ccccc1)[NH+]1CCN(c2ccccc2Cl)CC1. The summed E-state index contributed by atoms with van der Waals surface area (Å²) in [7, 11) is 1.85. The Morgan fingerprint density at radius 2 is 1.68 bits per heavy atom. The van der Waals surface area contributed by atoms with Crippen molar-refractivity contribution in [3.63, 3.8) is 0 Å². The van der Waals surface area contributed by atoms with Crippen molar-refractivity contribution >= 4 is 28.9 Å². The van der Waals surface area contributed by atoms with Crippen LogP contribution in [0.5, 0.6) is 0 Å². The van der Waals surface area contributed by atoms with Gasteiger partial charge in [-0.3, -0.25) is 4.79 Å². The molecule has 2 aromatic rings. The van der Waals surface area contributed by atoms with E-state index in [1.807, 2.05) is 62.5 Å². The number of rotatable bonds is 4. The number of carbonyl (C=O) groups is 1. The second-order valence-corrected chi connectivity index (χ2v) is 6.96. The van der Waals surface area contributed by atoms with Crippen LogP contribution in [0, 0.1) is 0 Å². The van der Waals surface area contributed by atoms with E-state index in [-0.39, 0.29) is 11.9 Å². The Balaban J connectivity index is 1.61. The van der Waals surface area contributed by atoms with Gasteiger partial charge in [0.1, 0.15) is 0 Å². The molecule has 0 aliphatic carbocycles. The molecule has 1 aliphatic heterocycles. The molecule has 5 heteroatoms. The lowest BCUT2D eigenvalue weighted by Gasteiger charge is -2.37. The fourth-order valence-corrected chi connectivity index (χ4v) is 3.68. The normalized spacial score (nSPS) is 16.5. The summed E-state index contributed by atoms with van der Waals surface area (Å²) in [6, 6.07) is 17.7. The molecule has 1 N–H and O–H groups in total. The summed E-state index contributed by atoms with van der Waals surface area (Å²) < 4.78 is 0. The van der Waals surface area contributed by atoms with E-state index < -0.39 is 0 Å². The molecule has 1 fully saturated rings. The van der Waals surface area contributed by atoms with Crippen LogP contribution in [0.15, 0.2) is 54.6 Å². The zero-order chi connectivity index (χ0) is 17.8. The molecule has 3 rings (SSSR count). The van der Waals surface area contributed by atoms with E-state index in [0.29, 0.717) is 0 Å². The predicted molar refractivity (Wildman–Crippen MR) is 104 cm³/mol. The van der Waals surface area contributed by atoms with Crippen LogP contribution >= 0.6 is 11.6 Å². The maximum Gasteiger partial charge on any atom is 0.284 e. The third kappa shape index (κ3) is 3.97. The third-order valence-corrected chi connectivity index (χ3v) is 5.38. The predicted octanol–water partition coefficient (Wildman–Crippen LogP) is 2.10. The van der Waals surface area contributed by atoms with Crippen LogP contribution in [0.1, 0.15) is 6.92 Å². The molecule has 1 atom stereocenters. The Morgan fingerprint density at radius 3 is 2.32 bits per heavy atom. The number of para-hydroxylation sites is 2. The van der Waals surface area contributed by atoms with E-state index in [0.717, 1.165) is 42.6 Å². The lowest BCUT2D eigenvalue weighted by molar-refractivity contribution is -0.914. The molecule has 1 heterocycles. The van der Waals surface area contributed by atoms with Gasteiger partial charge in [-0.15, -0.1) is 0 Å². The number of anilines is 2. The molecule has 0 spiro atoms. The highest BCUT2D eigenvalue weighted by atomic mass is 35.5. The molecule has 0 saturated carbocycles. The van der Waals surface area contributed by atoms with E-state index >= 15 is 0 Å². The van der Waals surface area contributed by atoms with Crippen LogP contribution in [-0.2, 0) is 4.79 Å². The quantitative estimate of drug-likeness (QED) is 0.906. The van der Waals surface area contributed by atoms with Crippen LogP contribution in [0.2, 0.25) is 5.02 Å². The van der Waals surface area contributed by atoms with Crippen molar-refractivity contribution in [2.45, 2.75) is 13.0 Å². The average Bonchev–Trinajstić information content (AvgIpc) is 2.67. The second kappa shape index (κ2) is 7.89. The van der Waals surface area contributed by atoms with Crippen molar-refractivity contribution in [3.05, 3.63) is 59.6 Å². The molecular formula is C20H25ClN3O+. The van der Waals surface area contributed by atoms with Gasteiger partial charge in [0, 0.05) is 12.7 Å². The summed E-state index contributed by atoms with van der Waals surface area (Å²) in [5, 5.41) is 0.791. The number of likely N-dealkylation sites (N-methyl/N-ethyl adjacent to an activating group) is 1. The molecule has 0 aromatic heterocycles. The number of nitrogens with zero attached hydrogens (tertiary/aromatic N) is 2. The summed E-state index contributed by atoms with van der Waals surface area (Å²) in [4.78, 5) is 18.2. The molecule has 2 aromatic carbocycles. The van der Waals surface area contributed by atoms with Gasteiger partial charge >= 0.3 is 0 Å². The number of hydrogen-bond donors (Lipinski definition) is 1. The highest BCUT2D eigenvalue weighted by Gasteiger charge is 2.31. The van der Waals surface area contributed by atoms with Crippen LogP contribution in [0.3, 0.4) is 0 Å². The van der Waals surface area contributed by atoms with E-state index in [1.165, 1.54) is 4.90 Å². The largest absolute Gasteiger partial charge is 0.359 e. The topological polar surface area (TPSA) is 28.0 Å². The first-order chi connectivity index (χ1) is 12.1. The van der Waals surface area contributed by atoms with E-state index in [4.69, 9.17) is 11.6 Å². The van der Waals surface area contributed by atoms with Crippen molar-refractivity contribution in [1.29, 1.82) is 0 Å². The van der Waals surface area contributed by atoms with Gasteiger partial charge in [0.25, 0.3) is 5.91 Å². The van der Waals surface area contributed by atoms with E-state index in [2.05, 4.69) is 11.0 Å². The second-order valence-electron chi connectivity index (χ2n) is 6.55. The maximum atomic E-state index is 12.8. The van der Waals surface area contributed by atoms with Gasteiger partial charge in [-0.05, 0) is 31.2 Å². The van der Waals surface area contributed by atoms with Gasteiger partial charge in [-0.1, -0.05) is 41.9 Å². The Labute approximate surface area is 154 Å². The number of benzene rings is 2. The number of piperazine rings is 1. The summed E-state index contributed by atoms with van der Waals surface area (Å²) in [5.41, 5.74) is 2.03. The zero-order valence-corrected chi connectivity index (χ0v) is 15.5. The van der Waals surface area contributed by atoms with Gasteiger partial charge in [0.15, 0.2) is 6.04 Å². The molecule has 1 saturated heterocycles. The standard InChI is InChI=1S/C20H24ClN3O/c1-16(20(25)22(2)17-8-4-3-5-9-17)23-12-14-24(15-13-23)19-11-7-6-10-18(19)21/h3-11,16H,12-15H2,1-2H3/p+1/t16-/m0/s1. The Hall–Kier alpha value is -2.04. The Morgan fingerprint density at radius 1 is 1.08 bits per heavy atom. The smallest absolute Gasteiger partial charge is 0.284 e. The van der Waals surface area contributed by atoms with Crippen LogP contribution < -0.4 is 14.7 Å². The summed E-state index contributed by atoms with van der Waals surface area (Å²) >= 11 is 6.31. The molecule has 4 nitrogen and oxygen atoms in total. The van der Waals surface area contributed by atoms with Crippen LogP contribution in [0.25, 0.3) is 0 Å². The minimum absolute atomic E-state index is 0.0569. The van der Waals surface area contributed by atoms with Crippen molar-refractivity contribution < 1.29 is 9.69 Å². The van der Waals surface area contributed by atoms with Gasteiger partial charge in [0.2, 0.25) is 0 Å². The molecule has 0 radical (unpaired) electrons. The Kier molecular flexibility index (Phi) is 5.61. The molecule has 1 aliphatic rings. The number of halogens is 1. The first-order valence-corrected chi connectivity index (χ1v) is 9.12. The average molecular weight is 359 g/mol. The fourth-order valence-electron chi connectivity index (χ4n) is 3.42. The lowest BCUT2D eigenvalue weighted by Crippen LogP contribution is -3.19. The van der Waals surface area contributed by atoms with E-state index in [9.17, 15) is 4.79 Å². The fraction of sp³-hybridized carbons (Fsp3) is 0.350. The van der Waals surface area contributed by atoms with Gasteiger partial charge < -0.3 is 14.7 Å². The number of carbonyl (C=O) groups excluding carboxylic acids is 1. The Bertz CT molecular complexity index is 714. The molecule has 0 bridgehead atoms. The molecule has 0 unspecified atom stereocenters. The molecule has 132 valence electrons. The van der Waals surface area contributed by atoms with Crippen molar-refractivity contribution in [2.75, 3.05) is 43.0 Å². The number of hydrogen-bond acceptors (Lipinski definition) is 2. The lowest BCUT2D eigenvalue weighted by atomic mass is 10.1.